The lowest BCUT2D eigenvalue weighted by Gasteiger charge is -2.40. The van der Waals surface area contributed by atoms with Crippen molar-refractivity contribution in [2.24, 2.45) is 11.8 Å². The molecule has 3 heterocycles. The highest BCUT2D eigenvalue weighted by Gasteiger charge is 2.76. The van der Waals surface area contributed by atoms with Crippen molar-refractivity contribution in [3.8, 4) is 0 Å². The highest BCUT2D eigenvalue weighted by molar-refractivity contribution is 6.05. The van der Waals surface area contributed by atoms with Crippen molar-refractivity contribution in [2.75, 3.05) is 25.1 Å². The van der Waals surface area contributed by atoms with Gasteiger partial charge in [0.15, 0.2) is 0 Å². The van der Waals surface area contributed by atoms with Crippen LogP contribution in [0.3, 0.4) is 0 Å². The Morgan fingerprint density at radius 2 is 1.61 bits per heavy atom. The number of aliphatic hydroxyl groups is 1. The number of allylic oxidation sites excluding steroid dienone is 1. The zero-order chi connectivity index (χ0) is 38.7. The molecule has 10 nitrogen and oxygen atoms in total. The van der Waals surface area contributed by atoms with E-state index in [0.29, 0.717) is 36.1 Å². The zero-order valence-electron chi connectivity index (χ0n) is 31.6. The van der Waals surface area contributed by atoms with Crippen molar-refractivity contribution in [1.29, 1.82) is 0 Å². The summed E-state index contributed by atoms with van der Waals surface area (Å²) in [6, 6.07) is 21.6. The average molecular weight is 734 g/mol. The van der Waals surface area contributed by atoms with Gasteiger partial charge in [-0.1, -0.05) is 91.0 Å². The molecule has 1 N–H and O–H groups in total. The van der Waals surface area contributed by atoms with E-state index in [2.05, 4.69) is 13.2 Å². The van der Waals surface area contributed by atoms with Gasteiger partial charge in [-0.25, -0.2) is 0 Å². The van der Waals surface area contributed by atoms with Crippen LogP contribution in [0.1, 0.15) is 67.0 Å². The van der Waals surface area contributed by atoms with Crippen molar-refractivity contribution >= 4 is 29.4 Å². The second kappa shape index (κ2) is 16.1. The lowest BCUT2D eigenvalue weighted by atomic mass is 9.70. The molecule has 10 heteroatoms. The van der Waals surface area contributed by atoms with Crippen LogP contribution in [0.4, 0.5) is 5.69 Å². The Morgan fingerprint density at radius 1 is 0.981 bits per heavy atom. The van der Waals surface area contributed by atoms with E-state index in [1.54, 1.807) is 29.0 Å². The molecule has 8 atom stereocenters. The lowest BCUT2D eigenvalue weighted by molar-refractivity contribution is -0.165. The minimum absolute atomic E-state index is 0.117. The molecule has 284 valence electrons. The van der Waals surface area contributed by atoms with Gasteiger partial charge in [-0.05, 0) is 62.3 Å². The van der Waals surface area contributed by atoms with Crippen molar-refractivity contribution in [2.45, 2.75) is 82.4 Å². The highest BCUT2D eigenvalue weighted by Crippen LogP contribution is 2.60. The number of hydrogen-bond acceptors (Lipinski definition) is 7. The Labute approximate surface area is 318 Å². The summed E-state index contributed by atoms with van der Waals surface area (Å²) in [5.41, 5.74) is 2.47. The Balaban J connectivity index is 1.42. The Kier molecular flexibility index (Phi) is 11.5. The molecule has 1 spiro atoms. The number of carbonyl (C=O) groups is 4. The number of amides is 3. The van der Waals surface area contributed by atoms with Crippen LogP contribution in [-0.2, 0) is 28.7 Å². The number of aryl methyl sites for hydroxylation is 2. The number of benzene rings is 3. The molecule has 54 heavy (non-hydrogen) atoms. The lowest BCUT2D eigenvalue weighted by Crippen LogP contribution is -2.57. The van der Waals surface area contributed by atoms with Crippen LogP contribution < -0.4 is 4.90 Å². The number of hydrogen-bond donors (Lipinski definition) is 1. The normalized spacial score (nSPS) is 24.3. The van der Waals surface area contributed by atoms with E-state index >= 15 is 9.59 Å². The maximum absolute atomic E-state index is 15.3. The molecule has 6 rings (SSSR count). The predicted molar refractivity (Wildman–Crippen MR) is 206 cm³/mol. The third-order valence-electron chi connectivity index (χ3n) is 11.6. The molecular weight excluding hydrogens is 682 g/mol. The molecule has 0 aliphatic carbocycles. The smallest absolute Gasteiger partial charge is 0.313 e. The van der Waals surface area contributed by atoms with E-state index in [1.807, 2.05) is 99.6 Å². The molecule has 0 radical (unpaired) electrons. The Morgan fingerprint density at radius 3 is 2.20 bits per heavy atom. The number of anilines is 1. The van der Waals surface area contributed by atoms with Gasteiger partial charge in [0.05, 0.1) is 36.6 Å². The van der Waals surface area contributed by atoms with Gasteiger partial charge in [-0.15, -0.1) is 13.2 Å². The minimum Gasteiger partial charge on any atom is -0.455 e. The first-order valence-electron chi connectivity index (χ1n) is 18.8. The van der Waals surface area contributed by atoms with Crippen molar-refractivity contribution in [1.82, 2.24) is 9.80 Å². The van der Waals surface area contributed by atoms with Crippen LogP contribution in [-0.4, -0.2) is 82.6 Å². The van der Waals surface area contributed by atoms with Crippen LogP contribution >= 0.6 is 0 Å². The van der Waals surface area contributed by atoms with Crippen molar-refractivity contribution < 1.29 is 33.8 Å². The first-order chi connectivity index (χ1) is 26.0. The summed E-state index contributed by atoms with van der Waals surface area (Å²) in [6.07, 6.45) is 3.41. The molecular formula is C44H51N3O7. The maximum atomic E-state index is 15.3. The Hall–Kier alpha value is -5.06. The Bertz CT molecular complexity index is 1860. The number of rotatable bonds is 15. The highest BCUT2D eigenvalue weighted by atomic mass is 16.6. The van der Waals surface area contributed by atoms with Gasteiger partial charge in [0.2, 0.25) is 11.8 Å². The predicted octanol–water partition coefficient (Wildman–Crippen LogP) is 6.03. The van der Waals surface area contributed by atoms with Crippen LogP contribution in [0.15, 0.2) is 104 Å². The number of nitrogens with zero attached hydrogens (tertiary/aromatic N) is 3. The van der Waals surface area contributed by atoms with E-state index in [4.69, 9.17) is 9.47 Å². The third-order valence-corrected chi connectivity index (χ3v) is 11.6. The second-order valence-corrected chi connectivity index (χ2v) is 14.7. The molecule has 3 aromatic carbocycles. The molecule has 0 unspecified atom stereocenters. The van der Waals surface area contributed by atoms with Crippen LogP contribution in [0.25, 0.3) is 0 Å². The number of carbonyl (C=O) groups excluding carboxylic acids is 4. The van der Waals surface area contributed by atoms with Crippen LogP contribution in [0.5, 0.6) is 0 Å². The summed E-state index contributed by atoms with van der Waals surface area (Å²) in [7, 11) is 1.69. The van der Waals surface area contributed by atoms with Crippen LogP contribution in [0, 0.1) is 25.7 Å². The molecule has 0 saturated carbocycles. The molecule has 3 saturated heterocycles. The van der Waals surface area contributed by atoms with Gasteiger partial charge in [-0.3, -0.25) is 19.2 Å². The van der Waals surface area contributed by atoms with Crippen molar-refractivity contribution in [3.05, 3.63) is 126 Å². The largest absolute Gasteiger partial charge is 0.455 e. The zero-order valence-corrected chi connectivity index (χ0v) is 31.6. The number of para-hydroxylation sites is 1. The van der Waals surface area contributed by atoms with E-state index < -0.39 is 66.3 Å². The molecule has 3 fully saturated rings. The fourth-order valence-electron chi connectivity index (χ4n) is 8.93. The number of ether oxygens (including phenoxy) is 2. The number of likely N-dealkylation sites (N-methyl/N-ethyl adjacent to an activating group) is 1. The fraction of sp³-hybridized carbons (Fsp3) is 0.409. The fourth-order valence-corrected chi connectivity index (χ4v) is 8.93. The summed E-state index contributed by atoms with van der Waals surface area (Å²) in [4.78, 5) is 62.8. The van der Waals surface area contributed by atoms with Gasteiger partial charge in [0.1, 0.15) is 17.7 Å². The maximum Gasteiger partial charge on any atom is 0.313 e. The quantitative estimate of drug-likeness (QED) is 0.150. The molecule has 3 aliphatic rings. The molecule has 2 bridgehead atoms. The van der Waals surface area contributed by atoms with E-state index in [9.17, 15) is 14.7 Å². The van der Waals surface area contributed by atoms with Crippen molar-refractivity contribution in [3.63, 3.8) is 0 Å². The third kappa shape index (κ3) is 6.77. The van der Waals surface area contributed by atoms with Gasteiger partial charge in [0.25, 0.3) is 5.91 Å². The number of esters is 1. The van der Waals surface area contributed by atoms with Gasteiger partial charge >= 0.3 is 5.97 Å². The van der Waals surface area contributed by atoms with E-state index in [1.165, 1.54) is 4.90 Å². The summed E-state index contributed by atoms with van der Waals surface area (Å²) >= 11 is 0. The van der Waals surface area contributed by atoms with Gasteiger partial charge in [-0.2, -0.15) is 0 Å². The first-order valence-corrected chi connectivity index (χ1v) is 18.8. The summed E-state index contributed by atoms with van der Waals surface area (Å²) in [5.74, 6) is -3.62. The van der Waals surface area contributed by atoms with Gasteiger partial charge < -0.3 is 29.3 Å². The molecule has 3 aromatic rings. The molecule has 3 amide bonds. The molecule has 3 aliphatic heterocycles. The summed E-state index contributed by atoms with van der Waals surface area (Å²) in [5, 5.41) is 11.0. The van der Waals surface area contributed by atoms with Gasteiger partial charge in [0, 0.05) is 25.7 Å². The minimum atomic E-state index is -1.36. The first kappa shape index (κ1) is 38.7. The average Bonchev–Trinajstić information content (AvgIpc) is 3.83. The summed E-state index contributed by atoms with van der Waals surface area (Å²) < 4.78 is 13.2. The SMILES string of the molecule is C=CCCC(=O)N(C)[C@H](C)[C@H](OC(=O)[C@@H]1[C@@H]2CC[C@]3(O2)[C@H](C(=O)N(CC=C)c2c(C)cccc2C)N([C@H](CO)c2ccccc2)C(=O)[C@@H]13)c1ccccc1. The standard InChI is InChI=1S/C44H51N3O7/c1-7-9-23-35(49)45(6)30(5)39(32-21-14-11-15-22-32)53-43(52)36-34-24-25-44(54-34)37(36)41(50)47(33(27-48)31-19-12-10-13-20-31)40(44)42(51)46(26-8-2)38-28(3)17-16-18-29(38)4/h7-8,10-22,30,33-34,36-37,39-40,48H,1-2,9,23-27H2,3-6H3/t30-,33-,34+,36-,37-,39+,40+,44-/m1/s1. The monoisotopic (exact) mass is 733 g/mol. The topological polar surface area (TPSA) is 117 Å². The van der Waals surface area contributed by atoms with E-state index in [0.717, 1.165) is 11.1 Å². The second-order valence-electron chi connectivity index (χ2n) is 14.7. The van der Waals surface area contributed by atoms with E-state index in [-0.39, 0.29) is 24.8 Å². The number of likely N-dealkylation sites (tertiary alicyclic amines) is 1. The molecule has 0 aromatic heterocycles. The summed E-state index contributed by atoms with van der Waals surface area (Å²) in [6.45, 7) is 13.1. The van der Waals surface area contributed by atoms with Crippen LogP contribution in [0.2, 0.25) is 0 Å². The number of aliphatic hydroxyl groups excluding tert-OH is 1. The number of fused-ring (bicyclic) bond motifs is 1.